The summed E-state index contributed by atoms with van der Waals surface area (Å²) >= 11 is 5.73. The smallest absolute Gasteiger partial charge is 0.129 e. The molecule has 0 saturated carbocycles. The molecule has 1 rings (SSSR count). The third-order valence-electron chi connectivity index (χ3n) is 2.46. The standard InChI is InChI=1S/C11H14ClFO/c1-3-7(2)11(14)9-6-8(12)4-5-10(9)13/h4-7,11,14H,3H2,1-2H3. The summed E-state index contributed by atoms with van der Waals surface area (Å²) in [5.74, 6) is -0.370. The van der Waals surface area contributed by atoms with Crippen molar-refractivity contribution in [3.05, 3.63) is 34.6 Å². The van der Waals surface area contributed by atoms with Crippen molar-refractivity contribution in [1.82, 2.24) is 0 Å². The highest BCUT2D eigenvalue weighted by Gasteiger charge is 2.18. The van der Waals surface area contributed by atoms with E-state index in [0.717, 1.165) is 6.42 Å². The van der Waals surface area contributed by atoms with Crippen molar-refractivity contribution in [1.29, 1.82) is 0 Å². The molecule has 1 aromatic carbocycles. The van der Waals surface area contributed by atoms with Crippen molar-refractivity contribution >= 4 is 11.6 Å². The zero-order chi connectivity index (χ0) is 10.7. The zero-order valence-corrected chi connectivity index (χ0v) is 9.05. The lowest BCUT2D eigenvalue weighted by molar-refractivity contribution is 0.111. The summed E-state index contributed by atoms with van der Waals surface area (Å²) in [6.07, 6.45) is 0.0197. The molecular formula is C11H14ClFO. The second-order valence-corrected chi connectivity index (χ2v) is 3.93. The first-order valence-corrected chi connectivity index (χ1v) is 5.07. The molecule has 0 fully saturated rings. The van der Waals surface area contributed by atoms with Gasteiger partial charge in [0.05, 0.1) is 6.10 Å². The van der Waals surface area contributed by atoms with E-state index in [1.165, 1.54) is 18.2 Å². The first-order chi connectivity index (χ1) is 6.56. The topological polar surface area (TPSA) is 20.2 Å². The molecule has 0 amide bonds. The molecule has 0 saturated heterocycles. The number of hydrogen-bond donors (Lipinski definition) is 1. The first-order valence-electron chi connectivity index (χ1n) is 4.69. The minimum absolute atomic E-state index is 0.0305. The lowest BCUT2D eigenvalue weighted by Crippen LogP contribution is -2.09. The molecule has 0 aliphatic carbocycles. The summed E-state index contributed by atoms with van der Waals surface area (Å²) in [5.41, 5.74) is 0.284. The number of aliphatic hydroxyl groups excluding tert-OH is 1. The van der Waals surface area contributed by atoms with Gasteiger partial charge in [-0.05, 0) is 24.1 Å². The average Bonchev–Trinajstić information content (AvgIpc) is 2.19. The van der Waals surface area contributed by atoms with Crippen molar-refractivity contribution in [3.63, 3.8) is 0 Å². The fourth-order valence-electron chi connectivity index (χ4n) is 1.27. The molecule has 0 spiro atoms. The van der Waals surface area contributed by atoms with Gasteiger partial charge >= 0.3 is 0 Å². The molecule has 78 valence electrons. The molecule has 0 aromatic heterocycles. The SMILES string of the molecule is CCC(C)C(O)c1cc(Cl)ccc1F. The lowest BCUT2D eigenvalue weighted by atomic mass is 9.95. The van der Waals surface area contributed by atoms with E-state index >= 15 is 0 Å². The highest BCUT2D eigenvalue weighted by atomic mass is 35.5. The average molecular weight is 217 g/mol. The van der Waals surface area contributed by atoms with Crippen LogP contribution in [-0.4, -0.2) is 5.11 Å². The predicted octanol–water partition coefficient (Wildman–Crippen LogP) is 3.56. The van der Waals surface area contributed by atoms with Crippen LogP contribution in [0.15, 0.2) is 18.2 Å². The van der Waals surface area contributed by atoms with Gasteiger partial charge in [0, 0.05) is 10.6 Å². The Bertz CT molecular complexity index is 314. The van der Waals surface area contributed by atoms with Gasteiger partial charge in [-0.15, -0.1) is 0 Å². The van der Waals surface area contributed by atoms with Gasteiger partial charge in [0.15, 0.2) is 0 Å². The second kappa shape index (κ2) is 4.76. The summed E-state index contributed by atoms with van der Waals surface area (Å²) in [5, 5.41) is 10.2. The van der Waals surface area contributed by atoms with Crippen molar-refractivity contribution in [2.75, 3.05) is 0 Å². The quantitative estimate of drug-likeness (QED) is 0.819. The largest absolute Gasteiger partial charge is 0.388 e. The van der Waals surface area contributed by atoms with Crippen LogP contribution < -0.4 is 0 Å². The fraction of sp³-hybridized carbons (Fsp3) is 0.455. The molecule has 0 aliphatic heterocycles. The number of benzene rings is 1. The highest BCUT2D eigenvalue weighted by Crippen LogP contribution is 2.28. The molecule has 0 bridgehead atoms. The number of rotatable bonds is 3. The fourth-order valence-corrected chi connectivity index (χ4v) is 1.45. The van der Waals surface area contributed by atoms with Crippen molar-refractivity contribution in [2.24, 2.45) is 5.92 Å². The molecule has 2 atom stereocenters. The third kappa shape index (κ3) is 2.46. The van der Waals surface area contributed by atoms with E-state index in [1.807, 2.05) is 13.8 Å². The number of aliphatic hydroxyl groups is 1. The predicted molar refractivity (Wildman–Crippen MR) is 55.8 cm³/mol. The monoisotopic (exact) mass is 216 g/mol. The zero-order valence-electron chi connectivity index (χ0n) is 8.30. The van der Waals surface area contributed by atoms with Crippen molar-refractivity contribution in [3.8, 4) is 0 Å². The van der Waals surface area contributed by atoms with Gasteiger partial charge in [0.2, 0.25) is 0 Å². The molecular weight excluding hydrogens is 203 g/mol. The molecule has 1 aromatic rings. The van der Waals surface area contributed by atoms with E-state index in [9.17, 15) is 9.50 Å². The van der Waals surface area contributed by atoms with Crippen LogP contribution in [0.1, 0.15) is 31.9 Å². The van der Waals surface area contributed by atoms with Crippen LogP contribution in [-0.2, 0) is 0 Å². The van der Waals surface area contributed by atoms with Crippen molar-refractivity contribution in [2.45, 2.75) is 26.4 Å². The molecule has 14 heavy (non-hydrogen) atoms. The van der Waals surface area contributed by atoms with Crippen LogP contribution in [0.4, 0.5) is 4.39 Å². The summed E-state index contributed by atoms with van der Waals surface area (Å²) in [6.45, 7) is 3.83. The molecule has 1 nitrogen and oxygen atoms in total. The van der Waals surface area contributed by atoms with E-state index in [2.05, 4.69) is 0 Å². The summed E-state index contributed by atoms with van der Waals surface area (Å²) in [4.78, 5) is 0. The van der Waals surface area contributed by atoms with Crippen LogP contribution in [0.2, 0.25) is 5.02 Å². The molecule has 0 aliphatic rings. The maximum atomic E-state index is 13.3. The maximum Gasteiger partial charge on any atom is 0.129 e. The van der Waals surface area contributed by atoms with E-state index in [0.29, 0.717) is 5.02 Å². The van der Waals surface area contributed by atoms with Gasteiger partial charge in [-0.1, -0.05) is 31.9 Å². The van der Waals surface area contributed by atoms with Gasteiger partial charge in [-0.2, -0.15) is 0 Å². The van der Waals surface area contributed by atoms with E-state index in [1.54, 1.807) is 0 Å². The molecule has 2 unspecified atom stereocenters. The van der Waals surface area contributed by atoms with Crippen LogP contribution in [0.5, 0.6) is 0 Å². The Labute approximate surface area is 88.5 Å². The van der Waals surface area contributed by atoms with Gasteiger partial charge in [-0.25, -0.2) is 4.39 Å². The Balaban J connectivity index is 2.99. The Morgan fingerprint density at radius 1 is 1.50 bits per heavy atom. The van der Waals surface area contributed by atoms with E-state index in [-0.39, 0.29) is 11.5 Å². The lowest BCUT2D eigenvalue weighted by Gasteiger charge is -2.18. The van der Waals surface area contributed by atoms with Crippen LogP contribution in [0.3, 0.4) is 0 Å². The number of halogens is 2. The Morgan fingerprint density at radius 3 is 2.71 bits per heavy atom. The molecule has 0 heterocycles. The maximum absolute atomic E-state index is 13.3. The van der Waals surface area contributed by atoms with Crippen LogP contribution in [0.25, 0.3) is 0 Å². The number of hydrogen-bond acceptors (Lipinski definition) is 1. The minimum Gasteiger partial charge on any atom is -0.388 e. The normalized spacial score (nSPS) is 15.2. The second-order valence-electron chi connectivity index (χ2n) is 3.50. The van der Waals surface area contributed by atoms with Gasteiger partial charge in [0.1, 0.15) is 5.82 Å². The van der Waals surface area contributed by atoms with Gasteiger partial charge in [0.25, 0.3) is 0 Å². The Kier molecular flexibility index (Phi) is 3.90. The van der Waals surface area contributed by atoms with Crippen LogP contribution >= 0.6 is 11.6 Å². The van der Waals surface area contributed by atoms with Gasteiger partial charge < -0.3 is 5.11 Å². The van der Waals surface area contributed by atoms with E-state index in [4.69, 9.17) is 11.6 Å². The van der Waals surface area contributed by atoms with Crippen LogP contribution in [0, 0.1) is 11.7 Å². The van der Waals surface area contributed by atoms with E-state index < -0.39 is 11.9 Å². The third-order valence-corrected chi connectivity index (χ3v) is 2.69. The Morgan fingerprint density at radius 2 is 2.14 bits per heavy atom. The van der Waals surface area contributed by atoms with Crippen molar-refractivity contribution < 1.29 is 9.50 Å². The highest BCUT2D eigenvalue weighted by molar-refractivity contribution is 6.30. The molecule has 0 radical (unpaired) electrons. The summed E-state index contributed by atoms with van der Waals surface area (Å²) in [7, 11) is 0. The summed E-state index contributed by atoms with van der Waals surface area (Å²) in [6, 6.07) is 4.24. The first kappa shape index (κ1) is 11.5. The van der Waals surface area contributed by atoms with Gasteiger partial charge in [-0.3, -0.25) is 0 Å². The summed E-state index contributed by atoms with van der Waals surface area (Å²) < 4.78 is 13.3. The minimum atomic E-state index is -0.779. The molecule has 1 N–H and O–H groups in total. The Hall–Kier alpha value is -0.600. The molecule has 3 heteroatoms.